The molecule has 1 heterocycles. The SMILES string of the molecule is CN=C(NCCC(=O)NC1CCCCC1)NCCc1ccc(-n2cccn2)cc1. The molecule has 1 aliphatic rings. The lowest BCUT2D eigenvalue weighted by molar-refractivity contribution is -0.121. The number of aromatic nitrogens is 2. The Hall–Kier alpha value is -2.83. The first kappa shape index (κ1) is 20.9. The lowest BCUT2D eigenvalue weighted by Gasteiger charge is -2.22. The van der Waals surface area contributed by atoms with Crippen molar-refractivity contribution in [2.75, 3.05) is 20.1 Å². The van der Waals surface area contributed by atoms with Crippen LogP contribution in [-0.2, 0) is 11.2 Å². The van der Waals surface area contributed by atoms with E-state index in [1.165, 1.54) is 24.8 Å². The number of carbonyl (C=O) groups is 1. The fourth-order valence-electron chi connectivity index (χ4n) is 3.62. The zero-order chi connectivity index (χ0) is 20.3. The van der Waals surface area contributed by atoms with Gasteiger partial charge in [-0.3, -0.25) is 9.79 Å². The highest BCUT2D eigenvalue weighted by atomic mass is 16.1. The van der Waals surface area contributed by atoms with Crippen LogP contribution in [0.3, 0.4) is 0 Å². The Morgan fingerprint density at radius 2 is 1.90 bits per heavy atom. The van der Waals surface area contributed by atoms with Crippen molar-refractivity contribution in [3.05, 3.63) is 48.3 Å². The van der Waals surface area contributed by atoms with Crippen LogP contribution in [0.5, 0.6) is 0 Å². The molecule has 1 fully saturated rings. The molecule has 3 N–H and O–H groups in total. The predicted octanol–water partition coefficient (Wildman–Crippen LogP) is 2.42. The zero-order valence-electron chi connectivity index (χ0n) is 17.2. The minimum absolute atomic E-state index is 0.122. The van der Waals surface area contributed by atoms with Gasteiger partial charge in [0.15, 0.2) is 5.96 Å². The summed E-state index contributed by atoms with van der Waals surface area (Å²) in [7, 11) is 1.75. The highest BCUT2D eigenvalue weighted by Gasteiger charge is 2.15. The lowest BCUT2D eigenvalue weighted by atomic mass is 9.95. The molecule has 2 aromatic rings. The van der Waals surface area contributed by atoms with Crippen LogP contribution in [0.4, 0.5) is 0 Å². The quantitative estimate of drug-likeness (QED) is 0.473. The summed E-state index contributed by atoms with van der Waals surface area (Å²) in [5.74, 6) is 0.848. The summed E-state index contributed by atoms with van der Waals surface area (Å²) in [5.41, 5.74) is 2.30. The summed E-state index contributed by atoms with van der Waals surface area (Å²) < 4.78 is 1.85. The predicted molar refractivity (Wildman–Crippen MR) is 116 cm³/mol. The van der Waals surface area contributed by atoms with E-state index in [0.29, 0.717) is 19.0 Å². The van der Waals surface area contributed by atoms with Crippen LogP contribution in [0.25, 0.3) is 5.69 Å². The Morgan fingerprint density at radius 1 is 1.14 bits per heavy atom. The van der Waals surface area contributed by atoms with E-state index in [0.717, 1.165) is 37.5 Å². The van der Waals surface area contributed by atoms with Gasteiger partial charge in [-0.15, -0.1) is 0 Å². The summed E-state index contributed by atoms with van der Waals surface area (Å²) >= 11 is 0. The topological polar surface area (TPSA) is 83.3 Å². The van der Waals surface area contributed by atoms with Gasteiger partial charge in [0, 0.05) is 45.0 Å². The molecule has 7 nitrogen and oxygen atoms in total. The van der Waals surface area contributed by atoms with Crippen LogP contribution in [0.15, 0.2) is 47.7 Å². The van der Waals surface area contributed by atoms with Crippen molar-refractivity contribution >= 4 is 11.9 Å². The van der Waals surface area contributed by atoms with Gasteiger partial charge in [-0.2, -0.15) is 5.10 Å². The van der Waals surface area contributed by atoms with Crippen molar-refractivity contribution < 1.29 is 4.79 Å². The number of nitrogens with one attached hydrogen (secondary N) is 3. The van der Waals surface area contributed by atoms with Gasteiger partial charge >= 0.3 is 0 Å². The molecule has 29 heavy (non-hydrogen) atoms. The molecule has 0 saturated heterocycles. The number of rotatable bonds is 8. The summed E-state index contributed by atoms with van der Waals surface area (Å²) in [6.07, 6.45) is 11.0. The van der Waals surface area contributed by atoms with Crippen LogP contribution >= 0.6 is 0 Å². The summed E-state index contributed by atoms with van der Waals surface area (Å²) in [6, 6.07) is 10.7. The molecule has 1 saturated carbocycles. The molecule has 1 aromatic heterocycles. The first-order chi connectivity index (χ1) is 14.2. The average molecular weight is 397 g/mol. The largest absolute Gasteiger partial charge is 0.356 e. The van der Waals surface area contributed by atoms with Crippen LogP contribution < -0.4 is 16.0 Å². The second-order valence-electron chi connectivity index (χ2n) is 7.45. The highest BCUT2D eigenvalue weighted by Crippen LogP contribution is 2.17. The Labute approximate surface area is 173 Å². The highest BCUT2D eigenvalue weighted by molar-refractivity contribution is 5.81. The van der Waals surface area contributed by atoms with Crippen LogP contribution in [-0.4, -0.2) is 47.8 Å². The van der Waals surface area contributed by atoms with Crippen molar-refractivity contribution in [3.63, 3.8) is 0 Å². The average Bonchev–Trinajstić information content (AvgIpc) is 3.29. The van der Waals surface area contributed by atoms with Crippen LogP contribution in [0, 0.1) is 0 Å². The Morgan fingerprint density at radius 3 is 2.59 bits per heavy atom. The molecule has 0 aliphatic heterocycles. The molecule has 0 spiro atoms. The van der Waals surface area contributed by atoms with Crippen molar-refractivity contribution in [1.82, 2.24) is 25.7 Å². The first-order valence-electron chi connectivity index (χ1n) is 10.6. The van der Waals surface area contributed by atoms with Gasteiger partial charge in [0.05, 0.1) is 5.69 Å². The van der Waals surface area contributed by atoms with E-state index in [9.17, 15) is 4.79 Å². The molecule has 0 radical (unpaired) electrons. The molecule has 7 heteroatoms. The number of benzene rings is 1. The zero-order valence-corrected chi connectivity index (χ0v) is 17.2. The van der Waals surface area contributed by atoms with Crippen molar-refractivity contribution in [1.29, 1.82) is 0 Å². The van der Waals surface area contributed by atoms with Gasteiger partial charge in [0.1, 0.15) is 0 Å². The molecule has 1 amide bonds. The van der Waals surface area contributed by atoms with Crippen LogP contribution in [0.1, 0.15) is 44.1 Å². The monoisotopic (exact) mass is 396 g/mol. The van der Waals surface area contributed by atoms with Crippen molar-refractivity contribution in [3.8, 4) is 5.69 Å². The Kier molecular flexibility index (Phi) is 8.10. The maximum absolute atomic E-state index is 12.1. The molecule has 0 atom stereocenters. The van der Waals surface area contributed by atoms with Gasteiger partial charge in [0.25, 0.3) is 0 Å². The second kappa shape index (κ2) is 11.2. The number of hydrogen-bond donors (Lipinski definition) is 3. The summed E-state index contributed by atoms with van der Waals surface area (Å²) in [4.78, 5) is 16.3. The third kappa shape index (κ3) is 6.93. The minimum Gasteiger partial charge on any atom is -0.356 e. The van der Waals surface area contributed by atoms with E-state index in [1.54, 1.807) is 13.2 Å². The molecule has 1 aliphatic carbocycles. The van der Waals surface area contributed by atoms with Gasteiger partial charge in [-0.25, -0.2) is 4.68 Å². The van der Waals surface area contributed by atoms with E-state index in [1.807, 2.05) is 16.9 Å². The number of aliphatic imine (C=N–C) groups is 1. The number of carbonyl (C=O) groups excluding carboxylic acids is 1. The molecule has 0 bridgehead atoms. The van der Waals surface area contributed by atoms with Crippen molar-refractivity contribution in [2.24, 2.45) is 4.99 Å². The summed E-state index contributed by atoms with van der Waals surface area (Å²) in [6.45, 7) is 1.35. The third-order valence-electron chi connectivity index (χ3n) is 5.25. The number of guanidine groups is 1. The fourth-order valence-corrected chi connectivity index (χ4v) is 3.62. The Bertz CT molecular complexity index is 763. The number of nitrogens with zero attached hydrogens (tertiary/aromatic N) is 3. The maximum atomic E-state index is 12.1. The smallest absolute Gasteiger partial charge is 0.221 e. The maximum Gasteiger partial charge on any atom is 0.221 e. The van der Waals surface area contributed by atoms with Crippen LogP contribution in [0.2, 0.25) is 0 Å². The Balaban J connectivity index is 1.32. The van der Waals surface area contributed by atoms with E-state index >= 15 is 0 Å². The van der Waals surface area contributed by atoms with Gasteiger partial charge in [-0.1, -0.05) is 31.4 Å². The molecule has 0 unspecified atom stereocenters. The molecular formula is C22H32N6O. The molecule has 156 valence electrons. The summed E-state index contributed by atoms with van der Waals surface area (Å²) in [5, 5.41) is 13.9. The van der Waals surface area contributed by atoms with E-state index in [-0.39, 0.29) is 5.91 Å². The minimum atomic E-state index is 0.122. The molecular weight excluding hydrogens is 364 g/mol. The lowest BCUT2D eigenvalue weighted by Crippen LogP contribution is -2.41. The molecule has 3 rings (SSSR count). The third-order valence-corrected chi connectivity index (χ3v) is 5.25. The number of hydrogen-bond acceptors (Lipinski definition) is 3. The number of amides is 1. The normalized spacial score (nSPS) is 15.1. The van der Waals surface area contributed by atoms with E-state index in [4.69, 9.17) is 0 Å². The first-order valence-corrected chi connectivity index (χ1v) is 10.6. The molecule has 1 aromatic carbocycles. The van der Waals surface area contributed by atoms with Gasteiger partial charge in [0.2, 0.25) is 5.91 Å². The van der Waals surface area contributed by atoms with E-state index < -0.39 is 0 Å². The second-order valence-corrected chi connectivity index (χ2v) is 7.45. The fraction of sp³-hybridized carbons (Fsp3) is 0.500. The van der Waals surface area contributed by atoms with E-state index in [2.05, 4.69) is 50.3 Å². The standard InChI is InChI=1S/C22H32N6O/c1-23-22(25-16-13-21(29)27-19-6-3-2-4-7-19)24-15-12-18-8-10-20(11-9-18)28-17-5-14-26-28/h5,8-11,14,17,19H,2-4,6-7,12-13,15-16H2,1H3,(H,27,29)(H2,23,24,25). The van der Waals surface area contributed by atoms with Gasteiger partial charge in [-0.05, 0) is 43.0 Å². The van der Waals surface area contributed by atoms with Crippen molar-refractivity contribution in [2.45, 2.75) is 51.0 Å². The van der Waals surface area contributed by atoms with Gasteiger partial charge < -0.3 is 16.0 Å².